The number of nitrogens with zero attached hydrogens (tertiary/aromatic N) is 3. The predicted molar refractivity (Wildman–Crippen MR) is 251 cm³/mol. The van der Waals surface area contributed by atoms with Gasteiger partial charge >= 0.3 is 0 Å². The van der Waals surface area contributed by atoms with Gasteiger partial charge in [0.25, 0.3) is 0 Å². The summed E-state index contributed by atoms with van der Waals surface area (Å²) in [5, 5.41) is 2.10. The second kappa shape index (κ2) is 13.4. The summed E-state index contributed by atoms with van der Waals surface area (Å²) in [5.74, 6) is 1.78. The van der Waals surface area contributed by atoms with Gasteiger partial charge in [0.1, 0.15) is 11.2 Å². The number of para-hydroxylation sites is 2. The minimum absolute atomic E-state index is 0.339. The second-order valence-electron chi connectivity index (χ2n) is 16.3. The Morgan fingerprint density at radius 1 is 0.290 bits per heavy atom. The molecule has 0 N–H and O–H groups in total. The highest BCUT2D eigenvalue weighted by Crippen LogP contribution is 2.63. The zero-order valence-electron chi connectivity index (χ0n) is 33.5. The van der Waals surface area contributed by atoms with Gasteiger partial charge < -0.3 is 4.42 Å². The Kier molecular flexibility index (Phi) is 7.49. The molecular weight excluding hydrogens is 755 g/mol. The Morgan fingerprint density at radius 3 is 1.47 bits per heavy atom. The van der Waals surface area contributed by atoms with E-state index in [2.05, 4.69) is 152 Å². The molecule has 9 aromatic carbocycles. The molecule has 4 nitrogen and oxygen atoms in total. The summed E-state index contributed by atoms with van der Waals surface area (Å²) in [5.41, 5.74) is 19.1. The van der Waals surface area contributed by atoms with Crippen molar-refractivity contribution >= 4 is 21.9 Å². The van der Waals surface area contributed by atoms with E-state index < -0.39 is 0 Å². The molecule has 11 aromatic rings. The summed E-state index contributed by atoms with van der Waals surface area (Å²) in [4.78, 5) is 15.2. The lowest BCUT2D eigenvalue weighted by molar-refractivity contribution is 0.669. The van der Waals surface area contributed by atoms with E-state index in [0.29, 0.717) is 17.5 Å². The highest BCUT2D eigenvalue weighted by Gasteiger charge is 2.51. The average molecular weight is 790 g/mol. The van der Waals surface area contributed by atoms with E-state index in [4.69, 9.17) is 19.4 Å². The number of hydrogen-bond acceptors (Lipinski definition) is 4. The summed E-state index contributed by atoms with van der Waals surface area (Å²) in [6, 6.07) is 75.8. The van der Waals surface area contributed by atoms with Crippen LogP contribution in [0.25, 0.3) is 101 Å². The molecule has 4 heteroatoms. The van der Waals surface area contributed by atoms with E-state index in [0.717, 1.165) is 49.8 Å². The number of benzene rings is 9. The van der Waals surface area contributed by atoms with E-state index in [1.165, 1.54) is 55.6 Å². The molecule has 0 amide bonds. The van der Waals surface area contributed by atoms with Crippen LogP contribution >= 0.6 is 0 Å². The standard InChI is InChI=1S/C58H35N3O/c1-2-14-38(15-3-1)55-59-56(61-57(60-55)47-23-13-22-46-45-21-7-11-27-53(45)62-54(46)47)41-17-12-16-39(34-41)36-28-30-37(31-29-36)40-32-33-52-48(35-40)44-20-6-10-26-51(44)58(52)49-24-8-4-18-42(49)43-19-5-9-25-50(43)58/h1-35H. The first-order valence-corrected chi connectivity index (χ1v) is 21.1. The van der Waals surface area contributed by atoms with Gasteiger partial charge in [-0.15, -0.1) is 0 Å². The molecule has 288 valence electrons. The maximum absolute atomic E-state index is 6.43. The molecule has 0 atom stereocenters. The molecule has 0 radical (unpaired) electrons. The Labute approximate surface area is 358 Å². The number of furan rings is 1. The molecule has 2 aliphatic carbocycles. The number of rotatable bonds is 5. The summed E-state index contributed by atoms with van der Waals surface area (Å²) in [6.07, 6.45) is 0. The van der Waals surface area contributed by atoms with Crippen LogP contribution in [0.5, 0.6) is 0 Å². The second-order valence-corrected chi connectivity index (χ2v) is 16.3. The molecular formula is C58H35N3O. The molecule has 2 heterocycles. The van der Waals surface area contributed by atoms with Gasteiger partial charge in [-0.2, -0.15) is 0 Å². The molecule has 0 aliphatic heterocycles. The summed E-state index contributed by atoms with van der Waals surface area (Å²) in [7, 11) is 0. The first-order chi connectivity index (χ1) is 30.7. The van der Waals surface area contributed by atoms with Gasteiger partial charge in [0.15, 0.2) is 17.5 Å². The zero-order valence-corrected chi connectivity index (χ0v) is 33.5. The Morgan fingerprint density at radius 2 is 0.758 bits per heavy atom. The summed E-state index contributed by atoms with van der Waals surface area (Å²) in [6.45, 7) is 0. The van der Waals surface area contributed by atoms with E-state index in [9.17, 15) is 0 Å². The zero-order chi connectivity index (χ0) is 40.8. The summed E-state index contributed by atoms with van der Waals surface area (Å²) >= 11 is 0. The third-order valence-electron chi connectivity index (χ3n) is 13.0. The van der Waals surface area contributed by atoms with Crippen molar-refractivity contribution in [2.75, 3.05) is 0 Å². The molecule has 0 fully saturated rings. The first-order valence-electron chi connectivity index (χ1n) is 21.1. The lowest BCUT2D eigenvalue weighted by atomic mass is 9.70. The number of aromatic nitrogens is 3. The van der Waals surface area contributed by atoms with Crippen LogP contribution in [0.4, 0.5) is 0 Å². The summed E-state index contributed by atoms with van der Waals surface area (Å²) < 4.78 is 6.43. The van der Waals surface area contributed by atoms with Crippen LogP contribution < -0.4 is 0 Å². The van der Waals surface area contributed by atoms with Gasteiger partial charge in [-0.25, -0.2) is 15.0 Å². The molecule has 62 heavy (non-hydrogen) atoms. The third-order valence-corrected chi connectivity index (χ3v) is 13.0. The lowest BCUT2D eigenvalue weighted by Crippen LogP contribution is -2.25. The smallest absolute Gasteiger partial charge is 0.167 e. The van der Waals surface area contributed by atoms with Crippen molar-refractivity contribution in [3.63, 3.8) is 0 Å². The topological polar surface area (TPSA) is 51.8 Å². The van der Waals surface area contributed by atoms with Crippen LogP contribution in [0, 0.1) is 0 Å². The lowest BCUT2D eigenvalue weighted by Gasteiger charge is -2.30. The highest BCUT2D eigenvalue weighted by molar-refractivity contribution is 6.09. The van der Waals surface area contributed by atoms with Gasteiger partial charge in [0.2, 0.25) is 0 Å². The van der Waals surface area contributed by atoms with E-state index in [1.807, 2.05) is 60.7 Å². The van der Waals surface area contributed by atoms with Crippen LogP contribution in [0.15, 0.2) is 217 Å². The van der Waals surface area contributed by atoms with E-state index >= 15 is 0 Å². The van der Waals surface area contributed by atoms with Gasteiger partial charge in [-0.1, -0.05) is 188 Å². The van der Waals surface area contributed by atoms with Crippen molar-refractivity contribution in [2.24, 2.45) is 0 Å². The van der Waals surface area contributed by atoms with Crippen LogP contribution in [0.2, 0.25) is 0 Å². The van der Waals surface area contributed by atoms with Gasteiger partial charge in [-0.3, -0.25) is 0 Å². The van der Waals surface area contributed by atoms with Crippen molar-refractivity contribution in [1.29, 1.82) is 0 Å². The molecule has 0 unspecified atom stereocenters. The van der Waals surface area contributed by atoms with Crippen molar-refractivity contribution < 1.29 is 4.42 Å². The monoisotopic (exact) mass is 789 g/mol. The molecule has 1 spiro atoms. The average Bonchev–Trinajstić information content (AvgIpc) is 3.98. The van der Waals surface area contributed by atoms with Crippen LogP contribution in [0.1, 0.15) is 22.3 Å². The Bertz CT molecular complexity index is 3540. The predicted octanol–water partition coefficient (Wildman–Crippen LogP) is 14.4. The number of fused-ring (bicyclic) bond motifs is 13. The van der Waals surface area contributed by atoms with Crippen molar-refractivity contribution in [2.45, 2.75) is 5.41 Å². The Hall–Kier alpha value is -8.21. The SMILES string of the molecule is c1ccc(-c2nc(-c3cccc(-c4ccc(-c5ccc6c(c5)-c5ccccc5C65c6ccccc6-c6ccccc65)cc4)c3)nc(-c3cccc4c3oc3ccccc34)n2)cc1. The van der Waals surface area contributed by atoms with Crippen molar-refractivity contribution in [1.82, 2.24) is 15.0 Å². The van der Waals surface area contributed by atoms with E-state index in [1.54, 1.807) is 0 Å². The maximum atomic E-state index is 6.43. The van der Waals surface area contributed by atoms with Crippen molar-refractivity contribution in [3.8, 4) is 78.7 Å². The number of hydrogen-bond donors (Lipinski definition) is 0. The molecule has 2 aliphatic rings. The van der Waals surface area contributed by atoms with Crippen molar-refractivity contribution in [3.05, 3.63) is 235 Å². The normalized spacial score (nSPS) is 13.0. The molecule has 0 saturated carbocycles. The van der Waals surface area contributed by atoms with Gasteiger partial charge in [0.05, 0.1) is 11.0 Å². The molecule has 0 bridgehead atoms. The maximum Gasteiger partial charge on any atom is 0.167 e. The fourth-order valence-corrected chi connectivity index (χ4v) is 10.2. The highest BCUT2D eigenvalue weighted by atomic mass is 16.3. The molecule has 2 aromatic heterocycles. The largest absolute Gasteiger partial charge is 0.455 e. The quantitative estimate of drug-likeness (QED) is 0.174. The molecule has 13 rings (SSSR count). The fourth-order valence-electron chi connectivity index (χ4n) is 10.2. The minimum atomic E-state index is -0.339. The van der Waals surface area contributed by atoms with Crippen LogP contribution in [-0.2, 0) is 5.41 Å². The van der Waals surface area contributed by atoms with Crippen LogP contribution in [0.3, 0.4) is 0 Å². The molecule has 0 saturated heterocycles. The van der Waals surface area contributed by atoms with E-state index in [-0.39, 0.29) is 5.41 Å². The van der Waals surface area contributed by atoms with Crippen LogP contribution in [-0.4, -0.2) is 15.0 Å². The minimum Gasteiger partial charge on any atom is -0.455 e. The first kappa shape index (κ1) is 34.6. The third kappa shape index (κ3) is 5.04. The van der Waals surface area contributed by atoms with Gasteiger partial charge in [0, 0.05) is 21.9 Å². The Balaban J connectivity index is 0.880. The van der Waals surface area contributed by atoms with Gasteiger partial charge in [-0.05, 0) is 91.0 Å². The fraction of sp³-hybridized carbons (Fsp3) is 0.0172.